The molecule has 0 aliphatic carbocycles. The van der Waals surface area contributed by atoms with Gasteiger partial charge < -0.3 is 20.1 Å². The van der Waals surface area contributed by atoms with Crippen molar-refractivity contribution in [1.29, 1.82) is 0 Å². The van der Waals surface area contributed by atoms with E-state index in [9.17, 15) is 9.18 Å². The molecule has 9 nitrogen and oxygen atoms in total. The number of carbonyl (C=O) groups excluding carboxylic acids is 1. The van der Waals surface area contributed by atoms with Crippen molar-refractivity contribution in [3.8, 4) is 28.8 Å². The van der Waals surface area contributed by atoms with Crippen LogP contribution < -0.4 is 20.1 Å². The van der Waals surface area contributed by atoms with E-state index in [0.717, 1.165) is 0 Å². The van der Waals surface area contributed by atoms with Gasteiger partial charge in [0.2, 0.25) is 0 Å². The van der Waals surface area contributed by atoms with Crippen molar-refractivity contribution in [2.24, 2.45) is 0 Å². The summed E-state index contributed by atoms with van der Waals surface area (Å²) >= 11 is 0. The molecule has 0 saturated carbocycles. The molecule has 0 bridgehead atoms. The normalized spacial score (nSPS) is 18.1. The molecule has 3 aromatic rings. The summed E-state index contributed by atoms with van der Waals surface area (Å²) in [5, 5.41) is 5.76. The van der Waals surface area contributed by atoms with E-state index in [1.165, 1.54) is 12.4 Å². The summed E-state index contributed by atoms with van der Waals surface area (Å²) in [6.45, 7) is 3.21. The van der Waals surface area contributed by atoms with Crippen molar-refractivity contribution in [1.82, 2.24) is 30.6 Å². The molecule has 1 aliphatic heterocycles. The van der Waals surface area contributed by atoms with Crippen LogP contribution in [0.1, 0.15) is 23.7 Å². The van der Waals surface area contributed by atoms with Crippen molar-refractivity contribution in [2.75, 3.05) is 19.7 Å². The van der Waals surface area contributed by atoms with E-state index < -0.39 is 6.17 Å². The van der Waals surface area contributed by atoms with Gasteiger partial charge in [-0.15, -0.1) is 0 Å². The number of nitrogens with one attached hydrogen (secondary N) is 2. The fraction of sp³-hybridized carbons (Fsp3) is 0.318. The number of amides is 1. The van der Waals surface area contributed by atoms with Crippen LogP contribution in [0.2, 0.25) is 0 Å². The minimum atomic E-state index is -0.967. The lowest BCUT2D eigenvalue weighted by Gasteiger charge is -2.26. The van der Waals surface area contributed by atoms with Crippen LogP contribution in [0.4, 0.5) is 4.39 Å². The Kier molecular flexibility index (Phi) is 6.81. The van der Waals surface area contributed by atoms with Crippen LogP contribution in [0.15, 0.2) is 49.2 Å². The highest BCUT2D eigenvalue weighted by Gasteiger charge is 2.23. The first-order valence-electron chi connectivity index (χ1n) is 10.3. The third kappa shape index (κ3) is 5.33. The van der Waals surface area contributed by atoms with Crippen molar-refractivity contribution in [2.45, 2.75) is 25.6 Å². The van der Waals surface area contributed by atoms with Crippen molar-refractivity contribution in [3.05, 3.63) is 54.7 Å². The van der Waals surface area contributed by atoms with Gasteiger partial charge in [-0.25, -0.2) is 19.3 Å². The van der Waals surface area contributed by atoms with Gasteiger partial charge in [-0.05, 0) is 25.1 Å². The molecule has 1 aliphatic rings. The second kappa shape index (κ2) is 10.1. The van der Waals surface area contributed by atoms with Gasteiger partial charge >= 0.3 is 0 Å². The topological polar surface area (TPSA) is 111 Å². The first-order chi connectivity index (χ1) is 15.6. The standard InChI is InChI=1S/C22H23FN6O3/c1-2-31-19-4-3-5-26-22(19)32-18-6-14(8-24-13-18)20-27-9-15(10-28-20)21(30)29-17-7-16(23)11-25-12-17/h3-6,8-10,13,16-17,25H,2,7,11-12H2,1H3,(H,29,30)/t16-,17?/m0/s1. The lowest BCUT2D eigenvalue weighted by Crippen LogP contribution is -2.49. The minimum absolute atomic E-state index is 0.267. The largest absolute Gasteiger partial charge is 0.488 e. The van der Waals surface area contributed by atoms with Crippen LogP contribution >= 0.6 is 0 Å². The quantitative estimate of drug-likeness (QED) is 0.579. The predicted octanol–water partition coefficient (Wildman–Crippen LogP) is 2.55. The zero-order valence-electron chi connectivity index (χ0n) is 17.5. The summed E-state index contributed by atoms with van der Waals surface area (Å²) < 4.78 is 24.8. The van der Waals surface area contributed by atoms with E-state index in [2.05, 4.69) is 30.6 Å². The Morgan fingerprint density at radius 3 is 2.84 bits per heavy atom. The molecule has 1 saturated heterocycles. The number of pyridine rings is 2. The average molecular weight is 438 g/mol. The van der Waals surface area contributed by atoms with Crippen LogP contribution in [-0.2, 0) is 0 Å². The van der Waals surface area contributed by atoms with Crippen molar-refractivity contribution < 1.29 is 18.7 Å². The zero-order chi connectivity index (χ0) is 22.3. The molecule has 4 heterocycles. The minimum Gasteiger partial charge on any atom is -0.488 e. The first-order valence-corrected chi connectivity index (χ1v) is 10.3. The number of hydrogen-bond donors (Lipinski definition) is 2. The molecular formula is C22H23FN6O3. The number of halogens is 1. The Balaban J connectivity index is 1.45. The molecule has 166 valence electrons. The summed E-state index contributed by atoms with van der Waals surface area (Å²) in [7, 11) is 0. The Labute approximate surface area is 184 Å². The molecule has 32 heavy (non-hydrogen) atoms. The summed E-state index contributed by atoms with van der Waals surface area (Å²) in [4.78, 5) is 29.3. The highest BCUT2D eigenvalue weighted by molar-refractivity contribution is 5.93. The molecule has 1 fully saturated rings. The Morgan fingerprint density at radius 1 is 1.22 bits per heavy atom. The van der Waals surface area contributed by atoms with Crippen molar-refractivity contribution in [3.63, 3.8) is 0 Å². The fourth-order valence-corrected chi connectivity index (χ4v) is 3.29. The van der Waals surface area contributed by atoms with Crippen LogP contribution in [-0.4, -0.2) is 57.8 Å². The van der Waals surface area contributed by atoms with E-state index in [0.29, 0.717) is 54.0 Å². The first kappa shape index (κ1) is 21.6. The number of carbonyl (C=O) groups is 1. The number of piperidine rings is 1. The number of rotatable bonds is 7. The summed E-state index contributed by atoms with van der Waals surface area (Å²) in [5.74, 6) is 1.34. The van der Waals surface area contributed by atoms with Gasteiger partial charge in [0.05, 0.1) is 18.4 Å². The van der Waals surface area contributed by atoms with Gasteiger partial charge in [0.15, 0.2) is 11.6 Å². The lowest BCUT2D eigenvalue weighted by atomic mass is 10.1. The molecular weight excluding hydrogens is 415 g/mol. The maximum atomic E-state index is 13.5. The third-order valence-electron chi connectivity index (χ3n) is 4.77. The number of hydrogen-bond acceptors (Lipinski definition) is 8. The van der Waals surface area contributed by atoms with E-state index in [-0.39, 0.29) is 18.4 Å². The molecule has 0 aromatic carbocycles. The summed E-state index contributed by atoms with van der Waals surface area (Å²) in [5.41, 5.74) is 0.907. The van der Waals surface area contributed by atoms with Crippen LogP contribution in [0.25, 0.3) is 11.4 Å². The highest BCUT2D eigenvalue weighted by atomic mass is 19.1. The van der Waals surface area contributed by atoms with Crippen LogP contribution in [0.5, 0.6) is 17.4 Å². The van der Waals surface area contributed by atoms with Crippen LogP contribution in [0, 0.1) is 0 Å². The second-order valence-corrected chi connectivity index (χ2v) is 7.21. The lowest BCUT2D eigenvalue weighted by molar-refractivity contribution is 0.0918. The van der Waals surface area contributed by atoms with E-state index in [1.54, 1.807) is 36.8 Å². The Hall–Kier alpha value is -3.66. The third-order valence-corrected chi connectivity index (χ3v) is 4.77. The zero-order valence-corrected chi connectivity index (χ0v) is 17.5. The predicted molar refractivity (Wildman–Crippen MR) is 114 cm³/mol. The van der Waals surface area contributed by atoms with E-state index in [4.69, 9.17) is 9.47 Å². The van der Waals surface area contributed by atoms with Gasteiger partial charge in [0.1, 0.15) is 11.9 Å². The van der Waals surface area contributed by atoms with Gasteiger partial charge in [-0.2, -0.15) is 0 Å². The number of nitrogens with zero attached hydrogens (tertiary/aromatic N) is 4. The SMILES string of the molecule is CCOc1cccnc1Oc1cncc(-c2ncc(C(=O)NC3CNC[C@@H](F)C3)cn2)c1. The second-order valence-electron chi connectivity index (χ2n) is 7.21. The Morgan fingerprint density at radius 2 is 2.06 bits per heavy atom. The molecule has 10 heteroatoms. The average Bonchev–Trinajstić information content (AvgIpc) is 2.81. The fourth-order valence-electron chi connectivity index (χ4n) is 3.29. The van der Waals surface area contributed by atoms with E-state index >= 15 is 0 Å². The highest BCUT2D eigenvalue weighted by Crippen LogP contribution is 2.30. The maximum absolute atomic E-state index is 13.5. The molecule has 0 spiro atoms. The summed E-state index contributed by atoms with van der Waals surface area (Å²) in [6.07, 6.45) is 6.94. The summed E-state index contributed by atoms with van der Waals surface area (Å²) in [6, 6.07) is 4.99. The number of alkyl halides is 1. The Bertz CT molecular complexity index is 1070. The molecule has 2 N–H and O–H groups in total. The van der Waals surface area contributed by atoms with Gasteiger partial charge in [0, 0.05) is 55.9 Å². The molecule has 0 radical (unpaired) electrons. The maximum Gasteiger partial charge on any atom is 0.262 e. The van der Waals surface area contributed by atoms with Crippen molar-refractivity contribution >= 4 is 5.91 Å². The molecule has 2 atom stereocenters. The van der Waals surface area contributed by atoms with Gasteiger partial charge in [-0.3, -0.25) is 9.78 Å². The number of ether oxygens (including phenoxy) is 2. The van der Waals surface area contributed by atoms with Gasteiger partial charge in [-0.1, -0.05) is 0 Å². The monoisotopic (exact) mass is 438 g/mol. The molecule has 1 amide bonds. The number of aromatic nitrogens is 4. The smallest absolute Gasteiger partial charge is 0.262 e. The molecule has 4 rings (SSSR count). The van der Waals surface area contributed by atoms with E-state index in [1.807, 2.05) is 6.92 Å². The van der Waals surface area contributed by atoms with Crippen LogP contribution in [0.3, 0.4) is 0 Å². The van der Waals surface area contributed by atoms with Gasteiger partial charge in [0.25, 0.3) is 11.8 Å². The molecule has 3 aromatic heterocycles. The molecule has 1 unspecified atom stereocenters.